The van der Waals surface area contributed by atoms with Crippen molar-refractivity contribution in [3.05, 3.63) is 75.1 Å². The molecule has 0 saturated carbocycles. The Kier molecular flexibility index (Phi) is 8.05. The molecule has 2 rings (SSSR count). The number of pyridine rings is 1. The summed E-state index contributed by atoms with van der Waals surface area (Å²) in [6, 6.07) is 3.12. The average molecular weight is 446 g/mol. The Morgan fingerprint density at radius 2 is 1.69 bits per heavy atom. The predicted molar refractivity (Wildman–Crippen MR) is 86.3 cm³/mol. The minimum atomic E-state index is -5.34. The molecular formula is C16H9F6N2NaO3S. The molecule has 29 heavy (non-hydrogen) atoms. The van der Waals surface area contributed by atoms with E-state index in [0.717, 1.165) is 6.08 Å². The first-order chi connectivity index (χ1) is 12.8. The third-order valence-corrected chi connectivity index (χ3v) is 4.11. The molecule has 0 atom stereocenters. The van der Waals surface area contributed by atoms with E-state index in [1.807, 2.05) is 0 Å². The molecule has 0 fully saturated rings. The summed E-state index contributed by atoms with van der Waals surface area (Å²) >= 11 is 0. The monoisotopic (exact) mass is 446 g/mol. The van der Waals surface area contributed by atoms with Crippen molar-refractivity contribution in [3.8, 4) is 0 Å². The molecule has 0 radical (unpaired) electrons. The van der Waals surface area contributed by atoms with Gasteiger partial charge >= 0.3 is 41.9 Å². The number of alkyl halides is 6. The van der Waals surface area contributed by atoms with E-state index in [-0.39, 0.29) is 47.8 Å². The minimum Gasteiger partial charge on any atom is -0.538 e. The van der Waals surface area contributed by atoms with Crippen LogP contribution in [-0.4, -0.2) is 19.3 Å². The second kappa shape index (κ2) is 9.28. The fourth-order valence-corrected chi connectivity index (χ4v) is 2.70. The van der Waals surface area contributed by atoms with Crippen molar-refractivity contribution < 1.29 is 69.1 Å². The third kappa shape index (κ3) is 7.14. The van der Waals surface area contributed by atoms with Crippen molar-refractivity contribution in [3.63, 3.8) is 0 Å². The van der Waals surface area contributed by atoms with Gasteiger partial charge in [-0.25, -0.2) is 8.42 Å². The second-order valence-electron chi connectivity index (χ2n) is 5.26. The number of amides is 1. The standard InChI is InChI=1S/C16H10F6N2O3S.Na/c17-15(18,19)11-3-4-12(13(8-11)16(20,21)22)14(25)24-28(26,27)7-5-10-2-1-6-23-9-10;/h1-9H,(H,24,25);/q;+1/p-1/b7-5+;. The topological polar surface area (TPSA) is 78.2 Å². The number of sulfonamides is 1. The Hall–Kier alpha value is -1.89. The molecule has 5 nitrogen and oxygen atoms in total. The Labute approximate surface area is 183 Å². The zero-order valence-electron chi connectivity index (χ0n) is 14.5. The van der Waals surface area contributed by atoms with Crippen LogP contribution in [0.2, 0.25) is 0 Å². The minimum absolute atomic E-state index is 0. The molecule has 0 bridgehead atoms. The van der Waals surface area contributed by atoms with Crippen LogP contribution in [0.3, 0.4) is 0 Å². The van der Waals surface area contributed by atoms with E-state index in [9.17, 15) is 39.6 Å². The summed E-state index contributed by atoms with van der Waals surface area (Å²) in [5, 5.41) is 0.458. The maximum absolute atomic E-state index is 13.0. The maximum atomic E-state index is 13.0. The molecule has 0 aliphatic heterocycles. The Morgan fingerprint density at radius 3 is 2.21 bits per heavy atom. The number of carbonyl (C=O) groups excluding carboxylic acids is 1. The summed E-state index contributed by atoms with van der Waals surface area (Å²) in [7, 11) is -4.65. The smallest absolute Gasteiger partial charge is 0.538 e. The SMILES string of the molecule is O=C([N-]S(=O)(=O)/C=C/c1cccnc1)c1ccc(C(F)(F)F)cc1C(F)(F)F.[Na+]. The number of aromatic nitrogens is 1. The van der Waals surface area contributed by atoms with Gasteiger partial charge in [-0.2, -0.15) is 26.3 Å². The molecule has 2 aromatic rings. The molecule has 0 unspecified atom stereocenters. The van der Waals surface area contributed by atoms with Crippen LogP contribution in [0, 0.1) is 0 Å². The fourth-order valence-electron chi connectivity index (χ4n) is 1.98. The molecule has 0 aliphatic rings. The quantitative estimate of drug-likeness (QED) is 0.529. The van der Waals surface area contributed by atoms with Crippen LogP contribution in [0.5, 0.6) is 0 Å². The summed E-state index contributed by atoms with van der Waals surface area (Å²) in [6.45, 7) is 0. The summed E-state index contributed by atoms with van der Waals surface area (Å²) in [6.07, 6.45) is -6.75. The normalized spacial score (nSPS) is 12.5. The first-order valence-electron chi connectivity index (χ1n) is 7.18. The molecule has 1 amide bonds. The van der Waals surface area contributed by atoms with Crippen molar-refractivity contribution in [2.45, 2.75) is 12.4 Å². The number of rotatable bonds is 4. The Balaban J connectivity index is 0.00000420. The predicted octanol–water partition coefficient (Wildman–Crippen LogP) is 1.64. The third-order valence-electron chi connectivity index (χ3n) is 3.21. The van der Waals surface area contributed by atoms with E-state index in [4.69, 9.17) is 0 Å². The molecular weight excluding hydrogens is 437 g/mol. The molecule has 0 spiro atoms. The van der Waals surface area contributed by atoms with Gasteiger partial charge in [-0.05, 0) is 29.8 Å². The molecule has 0 saturated heterocycles. The first kappa shape index (κ1) is 25.1. The number of hydrogen-bond donors (Lipinski definition) is 0. The van der Waals surface area contributed by atoms with Crippen molar-refractivity contribution >= 4 is 22.0 Å². The van der Waals surface area contributed by atoms with Crippen LogP contribution in [0.15, 0.2) is 48.1 Å². The number of halogens is 6. The first-order valence-corrected chi connectivity index (χ1v) is 8.69. The fraction of sp³-hybridized carbons (Fsp3) is 0.125. The van der Waals surface area contributed by atoms with Gasteiger partial charge in [0.25, 0.3) is 0 Å². The van der Waals surface area contributed by atoms with E-state index >= 15 is 0 Å². The molecule has 1 heterocycles. The van der Waals surface area contributed by atoms with Gasteiger partial charge < -0.3 is 9.52 Å². The second-order valence-corrected chi connectivity index (χ2v) is 6.74. The molecule has 1 aromatic carbocycles. The Morgan fingerprint density at radius 1 is 1.03 bits per heavy atom. The summed E-state index contributed by atoms with van der Waals surface area (Å²) in [5.41, 5.74) is -4.60. The maximum Gasteiger partial charge on any atom is 1.00 e. The van der Waals surface area contributed by atoms with Crippen LogP contribution >= 0.6 is 0 Å². The van der Waals surface area contributed by atoms with Gasteiger partial charge in [0.15, 0.2) is 0 Å². The van der Waals surface area contributed by atoms with Crippen molar-refractivity contribution in [2.75, 3.05) is 0 Å². The average Bonchev–Trinajstić information content (AvgIpc) is 2.58. The zero-order valence-corrected chi connectivity index (χ0v) is 17.3. The van der Waals surface area contributed by atoms with Crippen LogP contribution < -0.4 is 29.6 Å². The van der Waals surface area contributed by atoms with E-state index < -0.39 is 45.0 Å². The van der Waals surface area contributed by atoms with Gasteiger partial charge in [0.05, 0.1) is 17.0 Å². The van der Waals surface area contributed by atoms with Crippen molar-refractivity contribution in [2.24, 2.45) is 0 Å². The van der Waals surface area contributed by atoms with E-state index in [0.29, 0.717) is 11.0 Å². The van der Waals surface area contributed by atoms with Gasteiger partial charge in [-0.3, -0.25) is 4.98 Å². The van der Waals surface area contributed by atoms with Crippen LogP contribution in [-0.2, 0) is 22.4 Å². The van der Waals surface area contributed by atoms with Crippen LogP contribution in [0.25, 0.3) is 10.8 Å². The van der Waals surface area contributed by atoms with Gasteiger partial charge in [0, 0.05) is 23.4 Å². The van der Waals surface area contributed by atoms with Gasteiger partial charge in [0.1, 0.15) is 10.0 Å². The van der Waals surface area contributed by atoms with Gasteiger partial charge in [0.2, 0.25) is 0 Å². The molecule has 150 valence electrons. The molecule has 0 N–H and O–H groups in total. The van der Waals surface area contributed by atoms with Crippen molar-refractivity contribution in [1.29, 1.82) is 0 Å². The number of carbonyl (C=O) groups is 1. The zero-order chi connectivity index (χ0) is 21.2. The molecule has 0 aliphatic carbocycles. The Bertz CT molecular complexity index is 1010. The van der Waals surface area contributed by atoms with E-state index in [1.54, 1.807) is 0 Å². The number of nitrogens with zero attached hydrogens (tertiary/aromatic N) is 2. The van der Waals surface area contributed by atoms with Gasteiger partial charge in [-0.15, -0.1) is 0 Å². The summed E-state index contributed by atoms with van der Waals surface area (Å²) < 4.78 is 103. The molecule has 1 aromatic heterocycles. The van der Waals surface area contributed by atoms with Crippen LogP contribution in [0.4, 0.5) is 26.3 Å². The van der Waals surface area contributed by atoms with Crippen molar-refractivity contribution in [1.82, 2.24) is 4.98 Å². The largest absolute Gasteiger partial charge is 1.00 e. The molecule has 13 heteroatoms. The van der Waals surface area contributed by atoms with E-state index in [1.165, 1.54) is 24.5 Å². The van der Waals surface area contributed by atoms with E-state index in [2.05, 4.69) is 9.71 Å². The number of hydrogen-bond acceptors (Lipinski definition) is 4. The summed E-state index contributed by atoms with van der Waals surface area (Å²) in [5.74, 6) is -1.85. The summed E-state index contributed by atoms with van der Waals surface area (Å²) in [4.78, 5) is 15.6. The van der Waals surface area contributed by atoms with Crippen LogP contribution in [0.1, 0.15) is 27.0 Å². The number of benzene rings is 1. The van der Waals surface area contributed by atoms with Gasteiger partial charge in [-0.1, -0.05) is 12.1 Å².